The molecule has 2 saturated carbocycles. The number of hydrogen-bond acceptors (Lipinski definition) is 8. The van der Waals surface area contributed by atoms with Gasteiger partial charge in [0.25, 0.3) is 5.91 Å². The van der Waals surface area contributed by atoms with Crippen molar-refractivity contribution >= 4 is 17.8 Å². The first-order valence-electron chi connectivity index (χ1n) is 11.1. The van der Waals surface area contributed by atoms with Gasteiger partial charge in [-0.2, -0.15) is 0 Å². The highest BCUT2D eigenvalue weighted by Crippen LogP contribution is 2.31. The number of carboxylic acids is 2. The molecular formula is C21H33N3O8. The molecule has 180 valence electrons. The molecule has 2 fully saturated rings. The van der Waals surface area contributed by atoms with E-state index < -0.39 is 24.1 Å². The summed E-state index contributed by atoms with van der Waals surface area (Å²) in [6, 6.07) is 2.46. The number of carbonyl (C=O) groups is 3. The second kappa shape index (κ2) is 12.5. The Kier molecular flexibility index (Phi) is 10.1. The van der Waals surface area contributed by atoms with Gasteiger partial charge in [0.05, 0.1) is 6.54 Å². The minimum Gasteiger partial charge on any atom is -0.479 e. The number of rotatable bonds is 7. The van der Waals surface area contributed by atoms with Gasteiger partial charge in [0.2, 0.25) is 0 Å². The molecule has 1 aromatic heterocycles. The van der Waals surface area contributed by atoms with Crippen molar-refractivity contribution in [1.29, 1.82) is 0 Å². The number of aliphatic carboxylic acids is 2. The van der Waals surface area contributed by atoms with Crippen LogP contribution in [0.4, 0.5) is 0 Å². The van der Waals surface area contributed by atoms with Crippen LogP contribution in [0.25, 0.3) is 0 Å². The molecule has 32 heavy (non-hydrogen) atoms. The van der Waals surface area contributed by atoms with Crippen LogP contribution in [0.1, 0.15) is 80.5 Å². The first-order valence-corrected chi connectivity index (χ1v) is 11.1. The number of aliphatic hydroxyl groups excluding tert-OH is 2. The monoisotopic (exact) mass is 455 g/mol. The predicted molar refractivity (Wildman–Crippen MR) is 112 cm³/mol. The van der Waals surface area contributed by atoms with Gasteiger partial charge in [-0.15, -0.1) is 0 Å². The third-order valence-corrected chi connectivity index (χ3v) is 5.96. The molecule has 3 rings (SSSR count). The van der Waals surface area contributed by atoms with E-state index in [1.807, 2.05) is 0 Å². The summed E-state index contributed by atoms with van der Waals surface area (Å²) in [5.74, 6) is -2.91. The topological polar surface area (TPSA) is 187 Å². The molecule has 6 N–H and O–H groups in total. The molecule has 1 aromatic rings. The highest BCUT2D eigenvalue weighted by atomic mass is 16.5. The van der Waals surface area contributed by atoms with Crippen LogP contribution in [0.2, 0.25) is 0 Å². The van der Waals surface area contributed by atoms with Crippen LogP contribution in [0, 0.1) is 0 Å². The molecule has 11 heteroatoms. The van der Waals surface area contributed by atoms with Crippen LogP contribution >= 0.6 is 0 Å². The van der Waals surface area contributed by atoms with E-state index in [1.165, 1.54) is 38.5 Å². The minimum atomic E-state index is -2.27. The van der Waals surface area contributed by atoms with Crippen LogP contribution in [-0.2, 0) is 16.1 Å². The average Bonchev–Trinajstić information content (AvgIpc) is 3.29. The van der Waals surface area contributed by atoms with Crippen molar-refractivity contribution in [3.63, 3.8) is 0 Å². The fraction of sp³-hybridized carbons (Fsp3) is 0.714. The van der Waals surface area contributed by atoms with Crippen LogP contribution < -0.4 is 5.73 Å². The van der Waals surface area contributed by atoms with Crippen molar-refractivity contribution in [1.82, 2.24) is 10.1 Å². The number of aromatic nitrogens is 1. The van der Waals surface area contributed by atoms with E-state index >= 15 is 0 Å². The maximum atomic E-state index is 13.0. The third kappa shape index (κ3) is 7.01. The first-order chi connectivity index (χ1) is 15.3. The Morgan fingerprint density at radius 3 is 1.72 bits per heavy atom. The lowest BCUT2D eigenvalue weighted by atomic mass is 9.88. The van der Waals surface area contributed by atoms with E-state index in [4.69, 9.17) is 30.7 Å². The van der Waals surface area contributed by atoms with Crippen LogP contribution in [0.15, 0.2) is 10.6 Å². The van der Waals surface area contributed by atoms with Gasteiger partial charge in [-0.1, -0.05) is 43.7 Å². The van der Waals surface area contributed by atoms with Crippen molar-refractivity contribution in [2.45, 2.75) is 95.0 Å². The van der Waals surface area contributed by atoms with Crippen molar-refractivity contribution in [3.05, 3.63) is 17.5 Å². The maximum absolute atomic E-state index is 13.0. The van der Waals surface area contributed by atoms with Crippen LogP contribution in [-0.4, -0.2) is 72.6 Å². The van der Waals surface area contributed by atoms with Gasteiger partial charge >= 0.3 is 11.9 Å². The largest absolute Gasteiger partial charge is 0.479 e. The number of carbonyl (C=O) groups excluding carboxylic acids is 1. The Bertz CT molecular complexity index is 720. The number of nitrogens with zero attached hydrogens (tertiary/aromatic N) is 2. The van der Waals surface area contributed by atoms with Gasteiger partial charge in [-0.25, -0.2) is 9.59 Å². The summed E-state index contributed by atoms with van der Waals surface area (Å²) in [6.07, 6.45) is 7.50. The second-order valence-corrected chi connectivity index (χ2v) is 8.24. The molecule has 0 bridgehead atoms. The molecular weight excluding hydrogens is 422 g/mol. The van der Waals surface area contributed by atoms with Crippen molar-refractivity contribution in [3.8, 4) is 0 Å². The zero-order valence-electron chi connectivity index (χ0n) is 18.1. The van der Waals surface area contributed by atoms with Gasteiger partial charge in [0.1, 0.15) is 0 Å². The summed E-state index contributed by atoms with van der Waals surface area (Å²) < 4.78 is 5.14. The zero-order valence-corrected chi connectivity index (χ0v) is 18.1. The standard InChI is InChI=1S/C17H27N3O2.C4H6O6/c18-12-15-11-16(19-22-15)17(21)20(13-7-3-1-4-8-13)14-9-5-2-6-10-14;5-1(3(7)8)2(6)4(9)10/h11,13-14H,1-10,12,18H2;1-2,5-6H,(H,7,8)(H,9,10)/t;1-,2-/m.1/s1. The average molecular weight is 456 g/mol. The zero-order chi connectivity index (χ0) is 23.7. The van der Waals surface area contributed by atoms with E-state index in [-0.39, 0.29) is 12.5 Å². The van der Waals surface area contributed by atoms with Crippen molar-refractivity contribution < 1.29 is 39.3 Å². The summed E-state index contributed by atoms with van der Waals surface area (Å²) in [7, 11) is 0. The van der Waals surface area contributed by atoms with Gasteiger partial charge < -0.3 is 35.6 Å². The molecule has 1 amide bonds. The number of aliphatic hydroxyl groups is 2. The minimum absolute atomic E-state index is 0.0437. The highest BCUT2D eigenvalue weighted by Gasteiger charge is 2.34. The summed E-state index contributed by atoms with van der Waals surface area (Å²) in [6.45, 7) is 0.285. The number of hydrogen-bond donors (Lipinski definition) is 5. The fourth-order valence-electron chi connectivity index (χ4n) is 4.26. The summed E-state index contributed by atoms with van der Waals surface area (Å²) in [5, 5.41) is 36.5. The highest BCUT2D eigenvalue weighted by molar-refractivity contribution is 5.92. The molecule has 1 heterocycles. The smallest absolute Gasteiger partial charge is 0.335 e. The Hall–Kier alpha value is -2.50. The number of amides is 1. The molecule has 0 saturated heterocycles. The first kappa shape index (κ1) is 25.8. The molecule has 0 aliphatic heterocycles. The molecule has 0 unspecified atom stereocenters. The maximum Gasteiger partial charge on any atom is 0.335 e. The molecule has 0 aromatic carbocycles. The van der Waals surface area contributed by atoms with E-state index in [9.17, 15) is 14.4 Å². The lowest BCUT2D eigenvalue weighted by Crippen LogP contribution is -2.48. The summed E-state index contributed by atoms with van der Waals surface area (Å²) in [5.41, 5.74) is 5.99. The molecule has 0 radical (unpaired) electrons. The summed E-state index contributed by atoms with van der Waals surface area (Å²) >= 11 is 0. The quantitative estimate of drug-likeness (QED) is 0.398. The van der Waals surface area contributed by atoms with Crippen LogP contribution in [0.5, 0.6) is 0 Å². The van der Waals surface area contributed by atoms with Crippen molar-refractivity contribution in [2.24, 2.45) is 5.73 Å². The molecule has 11 nitrogen and oxygen atoms in total. The lowest BCUT2D eigenvalue weighted by Gasteiger charge is -2.41. The predicted octanol–water partition coefficient (Wildman–Crippen LogP) is 1.12. The van der Waals surface area contributed by atoms with Crippen molar-refractivity contribution in [2.75, 3.05) is 0 Å². The van der Waals surface area contributed by atoms with Gasteiger partial charge in [-0.05, 0) is 25.7 Å². The Balaban J connectivity index is 0.000000309. The van der Waals surface area contributed by atoms with Gasteiger partial charge in [0.15, 0.2) is 23.7 Å². The second-order valence-electron chi connectivity index (χ2n) is 8.24. The lowest BCUT2D eigenvalue weighted by molar-refractivity contribution is -0.165. The van der Waals surface area contributed by atoms with Crippen LogP contribution in [0.3, 0.4) is 0 Å². The molecule has 2 aliphatic rings. The molecule has 2 atom stereocenters. The Labute approximate surface area is 186 Å². The normalized spacial score (nSPS) is 19.3. The van der Waals surface area contributed by atoms with E-state index in [0.717, 1.165) is 25.7 Å². The number of nitrogens with two attached hydrogens (primary N) is 1. The Morgan fingerprint density at radius 1 is 0.938 bits per heavy atom. The number of carboxylic acid groups (broad SMARTS) is 2. The SMILES string of the molecule is NCc1cc(C(=O)N(C2CCCCC2)C2CCCCC2)no1.O=C(O)[C@H](O)[C@@H](O)C(=O)O. The third-order valence-electron chi connectivity index (χ3n) is 5.96. The van der Waals surface area contributed by atoms with Gasteiger partial charge in [0, 0.05) is 18.2 Å². The van der Waals surface area contributed by atoms with E-state index in [0.29, 0.717) is 23.5 Å². The Morgan fingerprint density at radius 2 is 1.38 bits per heavy atom. The van der Waals surface area contributed by atoms with E-state index in [1.54, 1.807) is 6.07 Å². The fourth-order valence-corrected chi connectivity index (χ4v) is 4.26. The molecule has 2 aliphatic carbocycles. The molecule has 0 spiro atoms. The van der Waals surface area contributed by atoms with Gasteiger partial charge in [-0.3, -0.25) is 4.79 Å². The van der Waals surface area contributed by atoms with E-state index in [2.05, 4.69) is 10.1 Å². The summed E-state index contributed by atoms with van der Waals surface area (Å²) in [4.78, 5) is 34.7.